The van der Waals surface area contributed by atoms with E-state index >= 15 is 0 Å². The van der Waals surface area contributed by atoms with Crippen LogP contribution in [0.4, 0.5) is 0 Å². The van der Waals surface area contributed by atoms with Crippen molar-refractivity contribution < 1.29 is 9.47 Å². The van der Waals surface area contributed by atoms with Gasteiger partial charge in [-0.1, -0.05) is 13.3 Å². The van der Waals surface area contributed by atoms with Crippen LogP contribution in [0.15, 0.2) is 0 Å². The van der Waals surface area contributed by atoms with E-state index in [2.05, 4.69) is 12.2 Å². The molecule has 1 N–H and O–H groups in total. The summed E-state index contributed by atoms with van der Waals surface area (Å²) < 4.78 is 10.4. The minimum Gasteiger partial charge on any atom is -0.383 e. The maximum Gasteiger partial charge on any atom is 0.0587 e. The van der Waals surface area contributed by atoms with Crippen molar-refractivity contribution in [1.82, 2.24) is 5.32 Å². The molecule has 0 spiro atoms. The number of nitrogens with one attached hydrogen (secondary N) is 1. The summed E-state index contributed by atoms with van der Waals surface area (Å²) in [6.45, 7) is 8.71. The summed E-state index contributed by atoms with van der Waals surface area (Å²) in [4.78, 5) is 0. The minimum atomic E-state index is 0.650. The Morgan fingerprint density at radius 3 is 2.64 bits per heavy atom. The largest absolute Gasteiger partial charge is 0.383 e. The van der Waals surface area contributed by atoms with Gasteiger partial charge in [0.1, 0.15) is 0 Å². The lowest BCUT2D eigenvalue weighted by Gasteiger charge is -2.16. The van der Waals surface area contributed by atoms with Crippen molar-refractivity contribution in [1.29, 1.82) is 0 Å². The molecule has 0 aromatic rings. The first-order chi connectivity index (χ1) is 6.85. The van der Waals surface area contributed by atoms with Gasteiger partial charge in [-0.25, -0.2) is 0 Å². The number of hydrogen-bond acceptors (Lipinski definition) is 3. The van der Waals surface area contributed by atoms with Crippen molar-refractivity contribution in [3.05, 3.63) is 0 Å². The summed E-state index contributed by atoms with van der Waals surface area (Å²) in [5.74, 6) is 0.650. The Hall–Kier alpha value is -0.120. The summed E-state index contributed by atoms with van der Waals surface area (Å²) in [6.07, 6.45) is 2.46. The topological polar surface area (TPSA) is 30.5 Å². The number of methoxy groups -OCH3 is 1. The summed E-state index contributed by atoms with van der Waals surface area (Å²) in [5, 5.41) is 3.38. The molecule has 86 valence electrons. The molecule has 0 bridgehead atoms. The maximum atomic E-state index is 5.43. The Morgan fingerprint density at radius 2 is 2.07 bits per heavy atom. The first kappa shape index (κ1) is 13.9. The number of hydrogen-bond donors (Lipinski definition) is 1. The molecule has 0 aromatic heterocycles. The number of rotatable bonds is 10. The zero-order chi connectivity index (χ0) is 10.6. The second kappa shape index (κ2) is 11.0. The Labute approximate surface area is 88.2 Å². The van der Waals surface area contributed by atoms with Gasteiger partial charge in [0.2, 0.25) is 0 Å². The lowest BCUT2D eigenvalue weighted by Crippen LogP contribution is -2.28. The highest BCUT2D eigenvalue weighted by Gasteiger charge is 2.06. The van der Waals surface area contributed by atoms with Crippen molar-refractivity contribution in [3.63, 3.8) is 0 Å². The van der Waals surface area contributed by atoms with Gasteiger partial charge in [0.05, 0.1) is 13.2 Å². The third-order valence-electron chi connectivity index (χ3n) is 2.17. The highest BCUT2D eigenvalue weighted by Crippen LogP contribution is 2.05. The predicted octanol–water partition coefficient (Wildman–Crippen LogP) is 1.68. The van der Waals surface area contributed by atoms with E-state index in [-0.39, 0.29) is 0 Å². The summed E-state index contributed by atoms with van der Waals surface area (Å²) in [7, 11) is 1.73. The highest BCUT2D eigenvalue weighted by atomic mass is 16.5. The van der Waals surface area contributed by atoms with Crippen LogP contribution in [0.5, 0.6) is 0 Å². The Kier molecular flexibility index (Phi) is 10.9. The minimum absolute atomic E-state index is 0.650. The van der Waals surface area contributed by atoms with Crippen LogP contribution in [0.3, 0.4) is 0 Å². The van der Waals surface area contributed by atoms with Crippen LogP contribution in [0.25, 0.3) is 0 Å². The van der Waals surface area contributed by atoms with Crippen molar-refractivity contribution in [3.8, 4) is 0 Å². The second-order valence-electron chi connectivity index (χ2n) is 3.51. The lowest BCUT2D eigenvalue weighted by atomic mass is 10.1. The molecular formula is C11H25NO2. The van der Waals surface area contributed by atoms with Gasteiger partial charge in [-0.05, 0) is 19.3 Å². The molecule has 0 radical (unpaired) electrons. The molecule has 0 aromatic carbocycles. The first-order valence-corrected chi connectivity index (χ1v) is 5.62. The van der Waals surface area contributed by atoms with Crippen LogP contribution in [0.1, 0.15) is 26.7 Å². The molecule has 0 amide bonds. The zero-order valence-corrected chi connectivity index (χ0v) is 9.84. The van der Waals surface area contributed by atoms with E-state index < -0.39 is 0 Å². The fourth-order valence-corrected chi connectivity index (χ4v) is 1.42. The Morgan fingerprint density at radius 1 is 1.29 bits per heavy atom. The van der Waals surface area contributed by atoms with Crippen LogP contribution >= 0.6 is 0 Å². The molecule has 0 saturated heterocycles. The van der Waals surface area contributed by atoms with E-state index in [0.29, 0.717) is 5.92 Å². The molecule has 0 aliphatic carbocycles. The third kappa shape index (κ3) is 8.48. The van der Waals surface area contributed by atoms with Crippen LogP contribution in [-0.4, -0.2) is 40.0 Å². The fourth-order valence-electron chi connectivity index (χ4n) is 1.42. The molecule has 0 fully saturated rings. The molecule has 14 heavy (non-hydrogen) atoms. The molecule has 0 saturated carbocycles. The van der Waals surface area contributed by atoms with Gasteiger partial charge in [0.25, 0.3) is 0 Å². The van der Waals surface area contributed by atoms with Gasteiger partial charge >= 0.3 is 0 Å². The van der Waals surface area contributed by atoms with Crippen molar-refractivity contribution >= 4 is 0 Å². The van der Waals surface area contributed by atoms with E-state index in [1.54, 1.807) is 7.11 Å². The van der Waals surface area contributed by atoms with E-state index in [1.807, 2.05) is 6.92 Å². The van der Waals surface area contributed by atoms with Crippen molar-refractivity contribution in [2.45, 2.75) is 26.7 Å². The van der Waals surface area contributed by atoms with E-state index in [1.165, 1.54) is 12.8 Å². The highest BCUT2D eigenvalue weighted by molar-refractivity contribution is 4.61. The standard InChI is InChI=1S/C11H25NO2/c1-4-6-11(10-14-5-2)9-12-7-8-13-3/h11-12H,4-10H2,1-3H3. The molecule has 0 aliphatic heterocycles. The van der Waals surface area contributed by atoms with Crippen molar-refractivity contribution in [2.75, 3.05) is 40.0 Å². The van der Waals surface area contributed by atoms with Gasteiger partial charge in [-0.15, -0.1) is 0 Å². The van der Waals surface area contributed by atoms with Crippen LogP contribution in [-0.2, 0) is 9.47 Å². The van der Waals surface area contributed by atoms with Gasteiger partial charge < -0.3 is 14.8 Å². The average Bonchev–Trinajstić information content (AvgIpc) is 2.20. The monoisotopic (exact) mass is 203 g/mol. The maximum absolute atomic E-state index is 5.43. The summed E-state index contributed by atoms with van der Waals surface area (Å²) >= 11 is 0. The van der Waals surface area contributed by atoms with E-state index in [4.69, 9.17) is 9.47 Å². The molecule has 3 heteroatoms. The molecule has 1 unspecified atom stereocenters. The van der Waals surface area contributed by atoms with Gasteiger partial charge in [0.15, 0.2) is 0 Å². The third-order valence-corrected chi connectivity index (χ3v) is 2.17. The second-order valence-corrected chi connectivity index (χ2v) is 3.51. The Bertz CT molecular complexity index is 109. The predicted molar refractivity (Wildman–Crippen MR) is 59.6 cm³/mol. The van der Waals surface area contributed by atoms with Gasteiger partial charge in [-0.3, -0.25) is 0 Å². The SMILES string of the molecule is CCCC(CNCCOC)COCC. The van der Waals surface area contributed by atoms with E-state index in [0.717, 1.165) is 32.9 Å². The molecular weight excluding hydrogens is 178 g/mol. The zero-order valence-electron chi connectivity index (χ0n) is 9.84. The molecule has 0 aliphatic rings. The summed E-state index contributed by atoms with van der Waals surface area (Å²) in [5.41, 5.74) is 0. The molecule has 1 atom stereocenters. The normalized spacial score (nSPS) is 13.1. The quantitative estimate of drug-likeness (QED) is 0.548. The van der Waals surface area contributed by atoms with Gasteiger partial charge in [-0.2, -0.15) is 0 Å². The van der Waals surface area contributed by atoms with Crippen LogP contribution in [0, 0.1) is 5.92 Å². The fraction of sp³-hybridized carbons (Fsp3) is 1.00. The van der Waals surface area contributed by atoms with Crippen LogP contribution in [0.2, 0.25) is 0 Å². The molecule has 0 heterocycles. The van der Waals surface area contributed by atoms with Crippen molar-refractivity contribution in [2.24, 2.45) is 5.92 Å². The average molecular weight is 203 g/mol. The van der Waals surface area contributed by atoms with Crippen LogP contribution < -0.4 is 5.32 Å². The molecule has 0 rings (SSSR count). The lowest BCUT2D eigenvalue weighted by molar-refractivity contribution is 0.105. The van der Waals surface area contributed by atoms with E-state index in [9.17, 15) is 0 Å². The first-order valence-electron chi connectivity index (χ1n) is 5.62. The summed E-state index contributed by atoms with van der Waals surface area (Å²) in [6, 6.07) is 0. The molecule has 3 nitrogen and oxygen atoms in total. The van der Waals surface area contributed by atoms with Gasteiger partial charge in [0, 0.05) is 26.8 Å². The Balaban J connectivity index is 3.40. The number of ether oxygens (including phenoxy) is 2. The smallest absolute Gasteiger partial charge is 0.0587 e.